The lowest BCUT2D eigenvalue weighted by Crippen LogP contribution is -2.53. The Labute approximate surface area is 68.7 Å². The van der Waals surface area contributed by atoms with Crippen LogP contribution in [0.5, 0.6) is 0 Å². The van der Waals surface area contributed by atoms with Gasteiger partial charge in [0.25, 0.3) is 0 Å². The monoisotopic (exact) mass is 154 g/mol. The molecular formula is C9H18N2. The van der Waals surface area contributed by atoms with Crippen molar-refractivity contribution in [1.29, 1.82) is 0 Å². The van der Waals surface area contributed by atoms with Crippen LogP contribution < -0.4 is 5.73 Å². The van der Waals surface area contributed by atoms with Crippen LogP contribution in [-0.4, -0.2) is 30.1 Å². The smallest absolute Gasteiger partial charge is 0.0247 e. The van der Waals surface area contributed by atoms with Crippen molar-refractivity contribution in [3.8, 4) is 0 Å². The van der Waals surface area contributed by atoms with Gasteiger partial charge in [0.15, 0.2) is 0 Å². The molecule has 2 nitrogen and oxygen atoms in total. The van der Waals surface area contributed by atoms with Gasteiger partial charge in [-0.05, 0) is 38.8 Å². The van der Waals surface area contributed by atoms with Crippen molar-refractivity contribution in [3.05, 3.63) is 0 Å². The zero-order chi connectivity index (χ0) is 7.68. The Morgan fingerprint density at radius 2 is 1.82 bits per heavy atom. The molecule has 2 aliphatic rings. The molecule has 0 aromatic rings. The zero-order valence-electron chi connectivity index (χ0n) is 7.13. The third-order valence-corrected chi connectivity index (χ3v) is 3.14. The zero-order valence-corrected chi connectivity index (χ0v) is 7.13. The minimum atomic E-state index is 0.476. The molecule has 2 aliphatic heterocycles. The quantitative estimate of drug-likeness (QED) is 0.563. The molecule has 0 radical (unpaired) electrons. The molecule has 2 N–H and O–H groups in total. The summed E-state index contributed by atoms with van der Waals surface area (Å²) in [6.07, 6.45) is 6.71. The summed E-state index contributed by atoms with van der Waals surface area (Å²) >= 11 is 0. The standard InChI is InChI=1S/C9H18N2/c10-8-4-3-7-11-6-2-1-5-9(8)11/h8-9H,1-7,10H2. The van der Waals surface area contributed by atoms with Crippen molar-refractivity contribution in [2.45, 2.75) is 44.2 Å². The van der Waals surface area contributed by atoms with E-state index < -0.39 is 0 Å². The Morgan fingerprint density at radius 1 is 1.00 bits per heavy atom. The maximum atomic E-state index is 6.05. The summed E-state index contributed by atoms with van der Waals surface area (Å²) in [7, 11) is 0. The van der Waals surface area contributed by atoms with Crippen molar-refractivity contribution in [1.82, 2.24) is 4.90 Å². The van der Waals surface area contributed by atoms with Gasteiger partial charge in [-0.1, -0.05) is 6.42 Å². The SMILES string of the molecule is NC1CCCN2CCCCC12. The van der Waals surface area contributed by atoms with E-state index in [0.29, 0.717) is 6.04 Å². The first-order valence-electron chi connectivity index (χ1n) is 4.87. The first-order chi connectivity index (χ1) is 5.38. The van der Waals surface area contributed by atoms with Gasteiger partial charge in [0, 0.05) is 12.1 Å². The molecule has 0 aromatic heterocycles. The van der Waals surface area contributed by atoms with Gasteiger partial charge in [-0.3, -0.25) is 4.90 Å². The molecule has 2 heteroatoms. The molecule has 0 aliphatic carbocycles. The van der Waals surface area contributed by atoms with Crippen LogP contribution in [-0.2, 0) is 0 Å². The second-order valence-corrected chi connectivity index (χ2v) is 3.91. The van der Waals surface area contributed by atoms with Crippen molar-refractivity contribution >= 4 is 0 Å². The highest BCUT2D eigenvalue weighted by atomic mass is 15.2. The van der Waals surface area contributed by atoms with Crippen LogP contribution in [0.2, 0.25) is 0 Å². The van der Waals surface area contributed by atoms with E-state index in [4.69, 9.17) is 5.73 Å². The first-order valence-corrected chi connectivity index (χ1v) is 4.87. The fourth-order valence-corrected chi connectivity index (χ4v) is 2.50. The lowest BCUT2D eigenvalue weighted by molar-refractivity contribution is 0.0914. The first kappa shape index (κ1) is 7.56. The molecule has 2 unspecified atom stereocenters. The average molecular weight is 154 g/mol. The van der Waals surface area contributed by atoms with Gasteiger partial charge < -0.3 is 5.73 Å². The lowest BCUT2D eigenvalue weighted by Gasteiger charge is -2.42. The minimum absolute atomic E-state index is 0.476. The molecule has 0 saturated carbocycles. The Bertz CT molecular complexity index is 134. The second kappa shape index (κ2) is 3.11. The van der Waals surface area contributed by atoms with Crippen LogP contribution in [0.3, 0.4) is 0 Å². The number of hydrogen-bond donors (Lipinski definition) is 1. The molecular weight excluding hydrogens is 136 g/mol. The fraction of sp³-hybridized carbons (Fsp3) is 1.00. The Morgan fingerprint density at radius 3 is 2.64 bits per heavy atom. The predicted octanol–water partition coefficient (Wildman–Crippen LogP) is 0.962. The molecule has 2 saturated heterocycles. The Balaban J connectivity index is 1.99. The van der Waals surface area contributed by atoms with E-state index in [1.54, 1.807) is 0 Å². The molecule has 2 atom stereocenters. The van der Waals surface area contributed by atoms with Crippen molar-refractivity contribution < 1.29 is 0 Å². The van der Waals surface area contributed by atoms with Crippen LogP contribution in [0.1, 0.15) is 32.1 Å². The molecule has 0 spiro atoms. The number of piperidine rings is 2. The van der Waals surface area contributed by atoms with Crippen molar-refractivity contribution in [3.63, 3.8) is 0 Å². The Hall–Kier alpha value is -0.0800. The summed E-state index contributed by atoms with van der Waals surface area (Å²) in [5.41, 5.74) is 6.05. The topological polar surface area (TPSA) is 29.3 Å². The van der Waals surface area contributed by atoms with Crippen LogP contribution in [0, 0.1) is 0 Å². The highest BCUT2D eigenvalue weighted by molar-refractivity contribution is 4.89. The van der Waals surface area contributed by atoms with Gasteiger partial charge in [0.1, 0.15) is 0 Å². The number of nitrogens with two attached hydrogens (primary N) is 1. The number of nitrogens with zero attached hydrogens (tertiary/aromatic N) is 1. The minimum Gasteiger partial charge on any atom is -0.326 e. The van der Waals surface area contributed by atoms with Gasteiger partial charge >= 0.3 is 0 Å². The van der Waals surface area contributed by atoms with E-state index in [2.05, 4.69) is 4.90 Å². The third-order valence-electron chi connectivity index (χ3n) is 3.14. The largest absolute Gasteiger partial charge is 0.326 e. The summed E-state index contributed by atoms with van der Waals surface area (Å²) in [6, 6.07) is 1.21. The van der Waals surface area contributed by atoms with E-state index >= 15 is 0 Å². The number of fused-ring (bicyclic) bond motifs is 1. The highest BCUT2D eigenvalue weighted by Crippen LogP contribution is 2.24. The molecule has 0 bridgehead atoms. The van der Waals surface area contributed by atoms with Gasteiger partial charge in [-0.15, -0.1) is 0 Å². The van der Waals surface area contributed by atoms with E-state index in [1.807, 2.05) is 0 Å². The van der Waals surface area contributed by atoms with Crippen molar-refractivity contribution in [2.24, 2.45) is 5.73 Å². The maximum absolute atomic E-state index is 6.05. The second-order valence-electron chi connectivity index (χ2n) is 3.91. The summed E-state index contributed by atoms with van der Waals surface area (Å²) in [5, 5.41) is 0. The number of rotatable bonds is 0. The molecule has 2 rings (SSSR count). The summed E-state index contributed by atoms with van der Waals surface area (Å²) in [6.45, 7) is 2.61. The van der Waals surface area contributed by atoms with Crippen LogP contribution in [0.4, 0.5) is 0 Å². The average Bonchev–Trinajstić information content (AvgIpc) is 2.06. The van der Waals surface area contributed by atoms with Gasteiger partial charge in [0.2, 0.25) is 0 Å². The lowest BCUT2D eigenvalue weighted by atomic mass is 9.89. The predicted molar refractivity (Wildman–Crippen MR) is 46.4 cm³/mol. The van der Waals surface area contributed by atoms with Crippen LogP contribution in [0.15, 0.2) is 0 Å². The summed E-state index contributed by atoms with van der Waals surface area (Å²) < 4.78 is 0. The molecule has 0 aromatic carbocycles. The molecule has 2 heterocycles. The maximum Gasteiger partial charge on any atom is 0.0247 e. The van der Waals surface area contributed by atoms with E-state index in [1.165, 1.54) is 45.2 Å². The molecule has 2 fully saturated rings. The van der Waals surface area contributed by atoms with E-state index in [9.17, 15) is 0 Å². The van der Waals surface area contributed by atoms with Gasteiger partial charge in [-0.2, -0.15) is 0 Å². The molecule has 64 valence electrons. The van der Waals surface area contributed by atoms with Crippen LogP contribution >= 0.6 is 0 Å². The van der Waals surface area contributed by atoms with Crippen LogP contribution in [0.25, 0.3) is 0 Å². The van der Waals surface area contributed by atoms with Gasteiger partial charge in [0.05, 0.1) is 0 Å². The van der Waals surface area contributed by atoms with Crippen molar-refractivity contribution in [2.75, 3.05) is 13.1 Å². The van der Waals surface area contributed by atoms with E-state index in [-0.39, 0.29) is 0 Å². The Kier molecular flexibility index (Phi) is 2.14. The summed E-state index contributed by atoms with van der Waals surface area (Å²) in [5.74, 6) is 0. The fourth-order valence-electron chi connectivity index (χ4n) is 2.50. The highest BCUT2D eigenvalue weighted by Gasteiger charge is 2.30. The molecule has 0 amide bonds. The van der Waals surface area contributed by atoms with E-state index in [0.717, 1.165) is 6.04 Å². The number of hydrogen-bond acceptors (Lipinski definition) is 2. The summed E-state index contributed by atoms with van der Waals surface area (Å²) in [4.78, 5) is 2.59. The molecule has 11 heavy (non-hydrogen) atoms. The third kappa shape index (κ3) is 1.42. The normalized spacial score (nSPS) is 40.1. The van der Waals surface area contributed by atoms with Gasteiger partial charge in [-0.25, -0.2) is 0 Å².